The largest absolute Gasteiger partial charge is 0.494 e. The zero-order chi connectivity index (χ0) is 15.9. The minimum atomic E-state index is -0.135. The second-order valence-corrected chi connectivity index (χ2v) is 5.13. The third-order valence-corrected chi connectivity index (χ3v) is 2.99. The predicted molar refractivity (Wildman–Crippen MR) is 83.8 cm³/mol. The Morgan fingerprint density at radius 3 is 2.68 bits per heavy atom. The predicted octanol–water partition coefficient (Wildman–Crippen LogP) is 2.45. The van der Waals surface area contributed by atoms with E-state index in [1.165, 1.54) is 0 Å². The molecule has 1 heterocycles. The number of hydrogen-bond acceptors (Lipinski definition) is 5. The van der Waals surface area contributed by atoms with Gasteiger partial charge in [0.2, 0.25) is 11.8 Å². The summed E-state index contributed by atoms with van der Waals surface area (Å²) in [6, 6.07) is 9.55. The molecule has 1 amide bonds. The first-order valence-corrected chi connectivity index (χ1v) is 7.20. The zero-order valence-corrected chi connectivity index (χ0v) is 13.1. The number of hydrogen-bond donors (Lipinski definition) is 1. The van der Waals surface area contributed by atoms with Crippen LogP contribution in [0.25, 0.3) is 0 Å². The summed E-state index contributed by atoms with van der Waals surface area (Å²) in [6.07, 6.45) is 0. The van der Waals surface area contributed by atoms with Gasteiger partial charge in [-0.2, -0.15) is 0 Å². The third-order valence-electron chi connectivity index (χ3n) is 2.99. The molecule has 118 valence electrons. The lowest BCUT2D eigenvalue weighted by atomic mass is 10.2. The summed E-state index contributed by atoms with van der Waals surface area (Å²) < 4.78 is 10.4. The van der Waals surface area contributed by atoms with E-state index in [-0.39, 0.29) is 12.5 Å². The number of carbonyl (C=O) groups excluding carboxylic acids is 1. The van der Waals surface area contributed by atoms with Gasteiger partial charge in [-0.1, -0.05) is 17.3 Å². The highest BCUT2D eigenvalue weighted by Crippen LogP contribution is 2.13. The Balaban J connectivity index is 1.81. The minimum absolute atomic E-state index is 0.135. The second kappa shape index (κ2) is 7.61. The van der Waals surface area contributed by atoms with Gasteiger partial charge in [0, 0.05) is 12.6 Å². The topological polar surface area (TPSA) is 67.6 Å². The minimum Gasteiger partial charge on any atom is -0.494 e. The maximum atomic E-state index is 11.9. The van der Waals surface area contributed by atoms with Gasteiger partial charge in [0.05, 0.1) is 18.8 Å². The normalized spacial score (nSPS) is 10.7. The highest BCUT2D eigenvalue weighted by molar-refractivity contribution is 5.90. The maximum Gasteiger partial charge on any atom is 0.240 e. The van der Waals surface area contributed by atoms with Crippen LogP contribution in [0.15, 0.2) is 34.9 Å². The molecular formula is C16H21N3O3. The lowest BCUT2D eigenvalue weighted by molar-refractivity contribution is -0.117. The van der Waals surface area contributed by atoms with Crippen molar-refractivity contribution in [2.75, 3.05) is 25.5 Å². The number of carbonyl (C=O) groups is 1. The van der Waals surface area contributed by atoms with Crippen LogP contribution in [0.5, 0.6) is 5.75 Å². The molecule has 2 aromatic rings. The number of nitrogens with one attached hydrogen (secondary N) is 1. The van der Waals surface area contributed by atoms with Gasteiger partial charge in [-0.3, -0.25) is 15.0 Å². The number of amides is 1. The summed E-state index contributed by atoms with van der Waals surface area (Å²) >= 11 is 0. The van der Waals surface area contributed by atoms with Gasteiger partial charge in [0.15, 0.2) is 0 Å². The second-order valence-electron chi connectivity index (χ2n) is 5.13. The summed E-state index contributed by atoms with van der Waals surface area (Å²) in [6.45, 7) is 5.36. The summed E-state index contributed by atoms with van der Waals surface area (Å²) in [4.78, 5) is 13.8. The van der Waals surface area contributed by atoms with Crippen molar-refractivity contribution in [3.63, 3.8) is 0 Å². The number of anilines is 1. The van der Waals surface area contributed by atoms with E-state index in [9.17, 15) is 4.79 Å². The number of aryl methyl sites for hydroxylation is 1. The smallest absolute Gasteiger partial charge is 0.240 e. The van der Waals surface area contributed by atoms with Crippen molar-refractivity contribution in [3.8, 4) is 5.75 Å². The van der Waals surface area contributed by atoms with E-state index >= 15 is 0 Å². The summed E-state index contributed by atoms with van der Waals surface area (Å²) in [5.41, 5.74) is 1.85. The van der Waals surface area contributed by atoms with Crippen molar-refractivity contribution in [1.29, 1.82) is 0 Å². The van der Waals surface area contributed by atoms with Crippen LogP contribution in [0.1, 0.15) is 18.2 Å². The average Bonchev–Trinajstić information content (AvgIpc) is 2.86. The van der Waals surface area contributed by atoms with Gasteiger partial charge < -0.3 is 9.26 Å². The average molecular weight is 303 g/mol. The van der Waals surface area contributed by atoms with E-state index in [0.29, 0.717) is 19.0 Å². The first-order chi connectivity index (χ1) is 10.6. The Morgan fingerprint density at radius 2 is 2.09 bits per heavy atom. The number of rotatable bonds is 7. The Kier molecular flexibility index (Phi) is 5.55. The molecule has 1 aromatic heterocycles. The third kappa shape index (κ3) is 4.89. The van der Waals surface area contributed by atoms with Crippen molar-refractivity contribution >= 4 is 11.8 Å². The van der Waals surface area contributed by atoms with Crippen LogP contribution in [0.4, 0.5) is 5.88 Å². The van der Waals surface area contributed by atoms with Crippen molar-refractivity contribution in [2.24, 2.45) is 0 Å². The van der Waals surface area contributed by atoms with Crippen molar-refractivity contribution in [1.82, 2.24) is 10.1 Å². The molecule has 0 fully saturated rings. The van der Waals surface area contributed by atoms with Gasteiger partial charge in [0.1, 0.15) is 5.75 Å². The highest BCUT2D eigenvalue weighted by atomic mass is 16.5. The molecule has 0 saturated carbocycles. The molecule has 0 aliphatic rings. The molecule has 6 heteroatoms. The molecular weight excluding hydrogens is 282 g/mol. The van der Waals surface area contributed by atoms with E-state index in [2.05, 4.69) is 10.5 Å². The van der Waals surface area contributed by atoms with Gasteiger partial charge in [0.25, 0.3) is 0 Å². The van der Waals surface area contributed by atoms with Crippen LogP contribution in [-0.2, 0) is 11.3 Å². The first-order valence-electron chi connectivity index (χ1n) is 7.20. The maximum absolute atomic E-state index is 11.9. The van der Waals surface area contributed by atoms with Gasteiger partial charge in [-0.25, -0.2) is 0 Å². The molecule has 0 saturated heterocycles. The molecule has 0 unspecified atom stereocenters. The van der Waals surface area contributed by atoms with Gasteiger partial charge >= 0.3 is 0 Å². The van der Waals surface area contributed by atoms with Crippen molar-refractivity contribution < 1.29 is 14.1 Å². The Labute approximate surface area is 130 Å². The number of likely N-dealkylation sites (N-methyl/N-ethyl adjacent to an activating group) is 1. The molecule has 2 rings (SSSR count). The number of benzene rings is 1. The molecule has 0 aliphatic heterocycles. The fourth-order valence-corrected chi connectivity index (χ4v) is 2.07. The SMILES string of the molecule is CCOc1ccc(CN(C)CC(=O)Nc2cc(C)no2)cc1. The number of ether oxygens (including phenoxy) is 1. The summed E-state index contributed by atoms with van der Waals surface area (Å²) in [7, 11) is 1.89. The standard InChI is InChI=1S/C16H21N3O3/c1-4-21-14-7-5-13(6-8-14)10-19(3)11-15(20)17-16-9-12(2)18-22-16/h5-9H,4,10-11H2,1-3H3,(H,17,20). The molecule has 0 radical (unpaired) electrons. The van der Waals surface area contributed by atoms with Crippen molar-refractivity contribution in [2.45, 2.75) is 20.4 Å². The molecule has 22 heavy (non-hydrogen) atoms. The van der Waals surface area contributed by atoms with Crippen LogP contribution in [0, 0.1) is 6.92 Å². The molecule has 0 atom stereocenters. The van der Waals surface area contributed by atoms with E-state index in [4.69, 9.17) is 9.26 Å². The molecule has 6 nitrogen and oxygen atoms in total. The Bertz CT molecular complexity index is 607. The Morgan fingerprint density at radius 1 is 1.36 bits per heavy atom. The Hall–Kier alpha value is -2.34. The van der Waals surface area contributed by atoms with Crippen LogP contribution >= 0.6 is 0 Å². The summed E-state index contributed by atoms with van der Waals surface area (Å²) in [5, 5.41) is 6.40. The number of aromatic nitrogens is 1. The van der Waals surface area contributed by atoms with Crippen LogP contribution in [0.2, 0.25) is 0 Å². The molecule has 0 spiro atoms. The molecule has 0 bridgehead atoms. The zero-order valence-electron chi connectivity index (χ0n) is 13.1. The molecule has 1 N–H and O–H groups in total. The van der Waals surface area contributed by atoms with Gasteiger partial charge in [-0.05, 0) is 38.6 Å². The quantitative estimate of drug-likeness (QED) is 0.851. The number of nitrogens with zero attached hydrogens (tertiary/aromatic N) is 2. The lowest BCUT2D eigenvalue weighted by Gasteiger charge is -2.16. The van der Waals surface area contributed by atoms with Crippen LogP contribution < -0.4 is 10.1 Å². The fourth-order valence-electron chi connectivity index (χ4n) is 2.07. The van der Waals surface area contributed by atoms with E-state index in [0.717, 1.165) is 17.0 Å². The van der Waals surface area contributed by atoms with E-state index < -0.39 is 0 Å². The van der Waals surface area contributed by atoms with E-state index in [1.807, 2.05) is 43.1 Å². The first kappa shape index (κ1) is 16.0. The monoisotopic (exact) mass is 303 g/mol. The van der Waals surface area contributed by atoms with Crippen LogP contribution in [0.3, 0.4) is 0 Å². The van der Waals surface area contributed by atoms with Gasteiger partial charge in [-0.15, -0.1) is 0 Å². The van der Waals surface area contributed by atoms with E-state index in [1.54, 1.807) is 13.0 Å². The fraction of sp³-hybridized carbons (Fsp3) is 0.375. The van der Waals surface area contributed by atoms with Crippen molar-refractivity contribution in [3.05, 3.63) is 41.6 Å². The summed E-state index contributed by atoms with van der Waals surface area (Å²) in [5.74, 6) is 1.09. The molecule has 1 aromatic carbocycles. The lowest BCUT2D eigenvalue weighted by Crippen LogP contribution is -2.29. The highest BCUT2D eigenvalue weighted by Gasteiger charge is 2.10. The molecule has 0 aliphatic carbocycles. The van der Waals surface area contributed by atoms with Crippen LogP contribution in [-0.4, -0.2) is 36.2 Å².